The maximum absolute atomic E-state index is 5.42. The summed E-state index contributed by atoms with van der Waals surface area (Å²) >= 11 is 1.67. The average Bonchev–Trinajstić information content (AvgIpc) is 1.87. The van der Waals surface area contributed by atoms with Crippen molar-refractivity contribution in [3.05, 3.63) is 12.3 Å². The van der Waals surface area contributed by atoms with E-state index in [0.29, 0.717) is 0 Å². The lowest BCUT2D eigenvalue weighted by Crippen LogP contribution is -2.26. The van der Waals surface area contributed by atoms with E-state index in [1.54, 1.807) is 11.8 Å². The Labute approximate surface area is 47.2 Å². The molecule has 0 spiro atoms. The fourth-order valence-electron chi connectivity index (χ4n) is 0.475. The third-order valence-electron chi connectivity index (χ3n) is 0.784. The van der Waals surface area contributed by atoms with Gasteiger partial charge in [-0.1, -0.05) is 6.58 Å². The Hall–Kier alpha value is -0.150. The largest absolute Gasteiger partial charge is 0.365 e. The van der Waals surface area contributed by atoms with Crippen LogP contribution in [0.25, 0.3) is 0 Å². The molecule has 40 valence electrons. The summed E-state index contributed by atoms with van der Waals surface area (Å²) in [6, 6.07) is 0. The van der Waals surface area contributed by atoms with Crippen molar-refractivity contribution in [3.63, 3.8) is 0 Å². The van der Waals surface area contributed by atoms with Crippen LogP contribution in [-0.4, -0.2) is 11.3 Å². The number of hydrogen-bond acceptors (Lipinski definition) is 3. The quantitative estimate of drug-likeness (QED) is 0.470. The first-order valence-electron chi connectivity index (χ1n) is 2.10. The van der Waals surface area contributed by atoms with Gasteiger partial charge in [0.25, 0.3) is 0 Å². The van der Waals surface area contributed by atoms with Gasteiger partial charge in [0, 0.05) is 11.4 Å². The predicted octanol–water partition coefficient (Wildman–Crippen LogP) is 0.0788. The molecule has 1 aliphatic rings. The zero-order chi connectivity index (χ0) is 5.28. The first-order chi connectivity index (χ1) is 3.29. The molecule has 3 heteroatoms. The molecule has 0 radical (unpaired) electrons. The zero-order valence-corrected chi connectivity index (χ0v) is 4.79. The zero-order valence-electron chi connectivity index (χ0n) is 3.98. The number of hydrogen-bond donors (Lipinski definition) is 2. The Balaban J connectivity index is 2.40. The molecule has 0 amide bonds. The summed E-state index contributed by atoms with van der Waals surface area (Å²) in [5.41, 5.74) is 6.55. The number of nitrogens with one attached hydrogen (secondary N) is 1. The van der Waals surface area contributed by atoms with Gasteiger partial charge < -0.3 is 11.1 Å². The highest BCUT2D eigenvalue weighted by Gasteiger charge is 2.10. The van der Waals surface area contributed by atoms with E-state index in [-0.39, 0.29) is 5.50 Å². The van der Waals surface area contributed by atoms with E-state index in [4.69, 9.17) is 5.73 Å². The van der Waals surface area contributed by atoms with E-state index in [1.807, 2.05) is 0 Å². The van der Waals surface area contributed by atoms with Gasteiger partial charge in [0.15, 0.2) is 0 Å². The van der Waals surface area contributed by atoms with Crippen molar-refractivity contribution >= 4 is 11.8 Å². The van der Waals surface area contributed by atoms with E-state index >= 15 is 0 Å². The van der Waals surface area contributed by atoms with Crippen molar-refractivity contribution in [1.29, 1.82) is 0 Å². The molecule has 0 aromatic heterocycles. The second-order valence-corrected chi connectivity index (χ2v) is 2.61. The molecular weight excluding hydrogens is 108 g/mol. The minimum atomic E-state index is 0.0903. The van der Waals surface area contributed by atoms with Gasteiger partial charge in [0.2, 0.25) is 0 Å². The average molecular weight is 116 g/mol. The van der Waals surface area contributed by atoms with E-state index in [9.17, 15) is 0 Å². The molecule has 1 unspecified atom stereocenters. The first-order valence-corrected chi connectivity index (χ1v) is 3.15. The summed E-state index contributed by atoms with van der Waals surface area (Å²) in [7, 11) is 0. The third kappa shape index (κ3) is 1.11. The highest BCUT2D eigenvalue weighted by Crippen LogP contribution is 2.14. The molecule has 0 bridgehead atoms. The molecular formula is C4H8N2S. The molecule has 1 aliphatic heterocycles. The van der Waals surface area contributed by atoms with Gasteiger partial charge in [0.05, 0.1) is 0 Å². The summed E-state index contributed by atoms with van der Waals surface area (Å²) in [5.74, 6) is 0.959. The Morgan fingerprint density at radius 2 is 2.71 bits per heavy atom. The molecule has 1 saturated heterocycles. The van der Waals surface area contributed by atoms with Crippen LogP contribution in [0.3, 0.4) is 0 Å². The standard InChI is InChI=1S/C4H8N2S/c1-3-2-7-4(5)6-3/h4,6H,1-2,5H2. The van der Waals surface area contributed by atoms with Gasteiger partial charge in [-0.15, -0.1) is 11.8 Å². The van der Waals surface area contributed by atoms with Gasteiger partial charge in [-0.2, -0.15) is 0 Å². The lowest BCUT2D eigenvalue weighted by Gasteiger charge is -1.98. The summed E-state index contributed by atoms with van der Waals surface area (Å²) in [6.07, 6.45) is 0. The minimum absolute atomic E-state index is 0.0903. The van der Waals surface area contributed by atoms with Crippen molar-refractivity contribution in [2.75, 3.05) is 5.75 Å². The molecule has 7 heavy (non-hydrogen) atoms. The maximum atomic E-state index is 5.42. The van der Waals surface area contributed by atoms with E-state index in [2.05, 4.69) is 11.9 Å². The third-order valence-corrected chi connectivity index (χ3v) is 1.78. The smallest absolute Gasteiger partial charge is 0.123 e. The number of rotatable bonds is 0. The molecule has 1 rings (SSSR count). The highest BCUT2D eigenvalue weighted by atomic mass is 32.2. The van der Waals surface area contributed by atoms with Crippen LogP contribution in [0.1, 0.15) is 0 Å². The van der Waals surface area contributed by atoms with Crippen LogP contribution in [0.5, 0.6) is 0 Å². The summed E-state index contributed by atoms with van der Waals surface area (Å²) < 4.78 is 0. The van der Waals surface area contributed by atoms with Gasteiger partial charge in [0.1, 0.15) is 5.50 Å². The van der Waals surface area contributed by atoms with Gasteiger partial charge in [-0.25, -0.2) is 0 Å². The van der Waals surface area contributed by atoms with Gasteiger partial charge in [-0.3, -0.25) is 0 Å². The van der Waals surface area contributed by atoms with Crippen molar-refractivity contribution in [3.8, 4) is 0 Å². The molecule has 0 aromatic rings. The van der Waals surface area contributed by atoms with E-state index in [0.717, 1.165) is 11.4 Å². The number of thioether (sulfide) groups is 1. The Bertz CT molecular complexity index is 91.7. The van der Waals surface area contributed by atoms with Crippen molar-refractivity contribution in [1.82, 2.24) is 5.32 Å². The topological polar surface area (TPSA) is 38.0 Å². The molecule has 3 N–H and O–H groups in total. The second-order valence-electron chi connectivity index (χ2n) is 1.48. The summed E-state index contributed by atoms with van der Waals surface area (Å²) in [5, 5.41) is 2.96. The van der Waals surface area contributed by atoms with E-state index in [1.165, 1.54) is 0 Å². The molecule has 1 atom stereocenters. The molecule has 1 fully saturated rings. The van der Waals surface area contributed by atoms with Crippen LogP contribution in [-0.2, 0) is 0 Å². The fourth-order valence-corrected chi connectivity index (χ4v) is 1.19. The lowest BCUT2D eigenvalue weighted by molar-refractivity contribution is 0.809. The van der Waals surface area contributed by atoms with Gasteiger partial charge in [-0.05, 0) is 0 Å². The summed E-state index contributed by atoms with van der Waals surface area (Å²) in [4.78, 5) is 0. The fraction of sp³-hybridized carbons (Fsp3) is 0.500. The Morgan fingerprint density at radius 3 is 2.86 bits per heavy atom. The van der Waals surface area contributed by atoms with Crippen LogP contribution in [0.15, 0.2) is 12.3 Å². The van der Waals surface area contributed by atoms with Crippen LogP contribution in [0.4, 0.5) is 0 Å². The van der Waals surface area contributed by atoms with Gasteiger partial charge >= 0.3 is 0 Å². The molecule has 0 aromatic carbocycles. The summed E-state index contributed by atoms with van der Waals surface area (Å²) in [6.45, 7) is 3.69. The van der Waals surface area contributed by atoms with Crippen molar-refractivity contribution in [2.24, 2.45) is 5.73 Å². The lowest BCUT2D eigenvalue weighted by atomic mass is 10.6. The minimum Gasteiger partial charge on any atom is -0.365 e. The molecule has 1 heterocycles. The molecule has 0 saturated carbocycles. The van der Waals surface area contributed by atoms with Crippen LogP contribution < -0.4 is 11.1 Å². The maximum Gasteiger partial charge on any atom is 0.123 e. The van der Waals surface area contributed by atoms with Crippen LogP contribution >= 0.6 is 11.8 Å². The Morgan fingerprint density at radius 1 is 2.00 bits per heavy atom. The molecule has 2 nitrogen and oxygen atoms in total. The normalized spacial score (nSPS) is 30.4. The second kappa shape index (κ2) is 1.76. The highest BCUT2D eigenvalue weighted by molar-refractivity contribution is 8.00. The SMILES string of the molecule is C=C1CSC(N)N1. The van der Waals surface area contributed by atoms with Crippen molar-refractivity contribution in [2.45, 2.75) is 5.50 Å². The Kier molecular flexibility index (Phi) is 1.25. The first kappa shape index (κ1) is 5.00. The predicted molar refractivity (Wildman–Crippen MR) is 32.7 cm³/mol. The van der Waals surface area contributed by atoms with Crippen molar-refractivity contribution < 1.29 is 0 Å². The number of nitrogens with two attached hydrogens (primary N) is 1. The monoisotopic (exact) mass is 116 g/mol. The van der Waals surface area contributed by atoms with E-state index < -0.39 is 0 Å². The van der Waals surface area contributed by atoms with Crippen LogP contribution in [0, 0.1) is 0 Å². The van der Waals surface area contributed by atoms with Crippen LogP contribution in [0.2, 0.25) is 0 Å². The molecule has 0 aliphatic carbocycles.